The normalized spacial score (nSPS) is 24.0. The molecule has 3 aromatic rings. The van der Waals surface area contributed by atoms with E-state index in [4.69, 9.17) is 9.47 Å². The molecule has 1 aliphatic heterocycles. The van der Waals surface area contributed by atoms with Crippen LogP contribution in [0.4, 0.5) is 17.6 Å². The van der Waals surface area contributed by atoms with Crippen molar-refractivity contribution >= 4 is 5.97 Å². The number of hydrogen-bond acceptors (Lipinski definition) is 4. The van der Waals surface area contributed by atoms with Crippen molar-refractivity contribution in [1.82, 2.24) is 4.98 Å². The van der Waals surface area contributed by atoms with Crippen LogP contribution in [0, 0.1) is 17.7 Å². The van der Waals surface area contributed by atoms with Gasteiger partial charge in [0.1, 0.15) is 18.5 Å². The molecule has 0 saturated heterocycles. The summed E-state index contributed by atoms with van der Waals surface area (Å²) in [5.41, 5.74) is 2.38. The van der Waals surface area contributed by atoms with E-state index in [-0.39, 0.29) is 48.0 Å². The van der Waals surface area contributed by atoms with E-state index < -0.39 is 29.6 Å². The van der Waals surface area contributed by atoms with Gasteiger partial charge in [0.25, 0.3) is 0 Å². The second kappa shape index (κ2) is 8.30. The Morgan fingerprint density at radius 1 is 1.11 bits per heavy atom. The van der Waals surface area contributed by atoms with Crippen molar-refractivity contribution in [3.8, 4) is 5.88 Å². The van der Waals surface area contributed by atoms with E-state index in [0.717, 1.165) is 17.2 Å². The molecule has 0 spiro atoms. The number of alkyl halides is 3. The smallest absolute Gasteiger partial charge is 0.416 e. The molecule has 36 heavy (non-hydrogen) atoms. The van der Waals surface area contributed by atoms with Gasteiger partial charge in [-0.05, 0) is 64.8 Å². The molecule has 1 saturated carbocycles. The molecule has 2 aliphatic carbocycles. The van der Waals surface area contributed by atoms with Crippen LogP contribution in [-0.4, -0.2) is 22.7 Å². The van der Waals surface area contributed by atoms with Gasteiger partial charge in [0, 0.05) is 23.7 Å². The molecule has 0 amide bonds. The third kappa shape index (κ3) is 3.82. The van der Waals surface area contributed by atoms with Gasteiger partial charge in [0.05, 0.1) is 18.1 Å². The monoisotopic (exact) mass is 499 g/mol. The summed E-state index contributed by atoms with van der Waals surface area (Å²) in [6.07, 6.45) is -2.86. The van der Waals surface area contributed by atoms with Gasteiger partial charge in [-0.1, -0.05) is 18.2 Å². The minimum atomic E-state index is -4.55. The highest BCUT2D eigenvalue weighted by atomic mass is 19.4. The number of pyridine rings is 1. The lowest BCUT2D eigenvalue weighted by Gasteiger charge is -2.29. The van der Waals surface area contributed by atoms with Crippen LogP contribution in [-0.2, 0) is 35.2 Å². The molecule has 2 heterocycles. The third-order valence-corrected chi connectivity index (χ3v) is 7.44. The molecule has 5 nitrogen and oxygen atoms in total. The lowest BCUT2D eigenvalue weighted by molar-refractivity contribution is -0.140. The molecule has 1 aromatic heterocycles. The summed E-state index contributed by atoms with van der Waals surface area (Å²) < 4.78 is 67.3. The topological polar surface area (TPSA) is 68.7 Å². The number of carboxylic acid groups (broad SMARTS) is 1. The van der Waals surface area contributed by atoms with Gasteiger partial charge in [0.2, 0.25) is 5.88 Å². The number of aliphatic carboxylic acids is 1. The Labute approximate surface area is 203 Å². The summed E-state index contributed by atoms with van der Waals surface area (Å²) in [7, 11) is 0. The summed E-state index contributed by atoms with van der Waals surface area (Å²) in [5, 5.41) is 9.26. The number of ether oxygens (including phenoxy) is 2. The molecule has 1 fully saturated rings. The first-order valence-corrected chi connectivity index (χ1v) is 11.7. The summed E-state index contributed by atoms with van der Waals surface area (Å²) in [5.74, 6) is -1.29. The molecule has 1 unspecified atom stereocenters. The number of carbonyl (C=O) groups is 1. The van der Waals surface area contributed by atoms with Crippen LogP contribution in [0.25, 0.3) is 0 Å². The van der Waals surface area contributed by atoms with Gasteiger partial charge in [-0.2, -0.15) is 13.2 Å². The molecule has 4 atom stereocenters. The van der Waals surface area contributed by atoms with Crippen molar-refractivity contribution in [1.29, 1.82) is 0 Å². The maximum absolute atomic E-state index is 14.9. The van der Waals surface area contributed by atoms with Gasteiger partial charge in [-0.3, -0.25) is 4.79 Å². The van der Waals surface area contributed by atoms with E-state index in [9.17, 15) is 27.5 Å². The zero-order valence-corrected chi connectivity index (χ0v) is 18.9. The first kappa shape index (κ1) is 23.0. The van der Waals surface area contributed by atoms with Gasteiger partial charge in [-0.15, -0.1) is 0 Å². The number of fused-ring (bicyclic) bond motifs is 4. The summed E-state index contributed by atoms with van der Waals surface area (Å²) in [4.78, 5) is 15.5. The number of aromatic nitrogens is 1. The van der Waals surface area contributed by atoms with Gasteiger partial charge in [0.15, 0.2) is 0 Å². The molecule has 3 aliphatic rings. The van der Waals surface area contributed by atoms with Crippen LogP contribution in [0.3, 0.4) is 0 Å². The van der Waals surface area contributed by atoms with E-state index in [1.807, 2.05) is 0 Å². The second-order valence-electron chi connectivity index (χ2n) is 9.50. The molecule has 0 bridgehead atoms. The lowest BCUT2D eigenvalue weighted by Crippen LogP contribution is -2.21. The first-order valence-electron chi connectivity index (χ1n) is 11.7. The van der Waals surface area contributed by atoms with Gasteiger partial charge < -0.3 is 14.6 Å². The molecule has 186 valence electrons. The Kier molecular flexibility index (Phi) is 5.29. The van der Waals surface area contributed by atoms with Crippen molar-refractivity contribution in [2.75, 3.05) is 6.61 Å². The first-order chi connectivity index (χ1) is 17.2. The SMILES string of the molecule is O=C(O)[C@H]1[C@@H]2Cc3cc(OCc4cc5c(cc4F)CCOC5c4ccccc4C(F)(F)F)ncc3[C@@H]21. The minimum absolute atomic E-state index is 0.00588. The van der Waals surface area contributed by atoms with E-state index >= 15 is 0 Å². The Hall–Kier alpha value is -3.46. The predicted octanol–water partition coefficient (Wildman–Crippen LogP) is 5.45. The second-order valence-corrected chi connectivity index (χ2v) is 9.50. The summed E-state index contributed by atoms with van der Waals surface area (Å²) in [6, 6.07) is 9.87. The van der Waals surface area contributed by atoms with Gasteiger partial charge in [-0.25, -0.2) is 9.37 Å². The van der Waals surface area contributed by atoms with Crippen LogP contribution in [0.2, 0.25) is 0 Å². The number of halogens is 4. The molecule has 9 heteroatoms. The fraction of sp³-hybridized carbons (Fsp3) is 0.333. The lowest BCUT2D eigenvalue weighted by atomic mass is 9.89. The van der Waals surface area contributed by atoms with Crippen LogP contribution in [0.1, 0.15) is 51.0 Å². The predicted molar refractivity (Wildman–Crippen MR) is 119 cm³/mol. The molecule has 1 N–H and O–H groups in total. The average Bonchev–Trinajstić information content (AvgIpc) is 3.44. The van der Waals surface area contributed by atoms with Gasteiger partial charge >= 0.3 is 12.1 Å². The Balaban J connectivity index is 1.25. The zero-order valence-electron chi connectivity index (χ0n) is 18.9. The fourth-order valence-corrected chi connectivity index (χ4v) is 5.70. The van der Waals surface area contributed by atoms with Crippen LogP contribution in [0.15, 0.2) is 48.7 Å². The largest absolute Gasteiger partial charge is 0.481 e. The van der Waals surface area contributed by atoms with E-state index in [2.05, 4.69) is 4.98 Å². The average molecular weight is 499 g/mol. The number of hydrogen-bond donors (Lipinski definition) is 1. The molecule has 0 radical (unpaired) electrons. The van der Waals surface area contributed by atoms with Crippen molar-refractivity contribution < 1.29 is 36.9 Å². The number of rotatable bonds is 5. The number of nitrogens with zero attached hydrogens (tertiary/aromatic N) is 1. The van der Waals surface area contributed by atoms with Crippen LogP contribution >= 0.6 is 0 Å². The zero-order chi connectivity index (χ0) is 25.2. The van der Waals surface area contributed by atoms with Crippen molar-refractivity contribution in [3.63, 3.8) is 0 Å². The molecular formula is C27H21F4NO4. The Morgan fingerprint density at radius 2 is 1.92 bits per heavy atom. The van der Waals surface area contributed by atoms with E-state index in [1.165, 1.54) is 30.3 Å². The number of benzene rings is 2. The Bertz CT molecular complexity index is 1370. The van der Waals surface area contributed by atoms with Crippen molar-refractivity contribution in [2.45, 2.75) is 37.6 Å². The maximum atomic E-state index is 14.9. The highest BCUT2D eigenvalue weighted by molar-refractivity contribution is 5.77. The quantitative estimate of drug-likeness (QED) is 0.473. The Morgan fingerprint density at radius 3 is 2.69 bits per heavy atom. The molecule has 2 aromatic carbocycles. The van der Waals surface area contributed by atoms with Crippen LogP contribution < -0.4 is 4.74 Å². The minimum Gasteiger partial charge on any atom is -0.481 e. The van der Waals surface area contributed by atoms with E-state index in [0.29, 0.717) is 24.0 Å². The van der Waals surface area contributed by atoms with Crippen molar-refractivity contribution in [3.05, 3.63) is 93.4 Å². The van der Waals surface area contributed by atoms with Crippen molar-refractivity contribution in [2.24, 2.45) is 11.8 Å². The summed E-state index contributed by atoms with van der Waals surface area (Å²) in [6.45, 7) is 0.0199. The number of carboxylic acids is 1. The highest BCUT2D eigenvalue weighted by Gasteiger charge is 2.60. The standard InChI is InChI=1S/C27H21F4NO4/c28-21-9-13-5-6-35-25(16-3-1-2-4-20(16)27(29,30)31)17(13)8-15(21)12-36-22-10-14-7-18-23(19(14)11-32-22)24(18)26(33)34/h1-4,8-11,18,23-25H,5-7,12H2,(H,33,34)/t18-,23-,24+,25?/m1/s1. The molecule has 6 rings (SSSR count). The molecular weight excluding hydrogens is 478 g/mol. The maximum Gasteiger partial charge on any atom is 0.416 e. The fourth-order valence-electron chi connectivity index (χ4n) is 5.70. The van der Waals surface area contributed by atoms with Crippen LogP contribution in [0.5, 0.6) is 5.88 Å². The van der Waals surface area contributed by atoms with E-state index in [1.54, 1.807) is 12.3 Å². The third-order valence-electron chi connectivity index (χ3n) is 7.44. The highest BCUT2D eigenvalue weighted by Crippen LogP contribution is 2.61. The summed E-state index contributed by atoms with van der Waals surface area (Å²) >= 11 is 0.